The molecule has 0 saturated carbocycles. The summed E-state index contributed by atoms with van der Waals surface area (Å²) in [6.45, 7) is 8.37. The van der Waals surface area contributed by atoms with Gasteiger partial charge in [-0.2, -0.15) is 0 Å². The van der Waals surface area contributed by atoms with Crippen molar-refractivity contribution >= 4 is 20.1 Å². The van der Waals surface area contributed by atoms with Gasteiger partial charge in [-0.25, -0.2) is 9.59 Å². The molecule has 0 saturated heterocycles. The minimum absolute atomic E-state index is 0.366. The Kier molecular flexibility index (Phi) is 5.50. The third-order valence-electron chi connectivity index (χ3n) is 2.30. The number of hydrogen-bond acceptors (Lipinski definition) is 3. The first-order valence-electron chi connectivity index (χ1n) is 5.27. The Hall–Kier alpha value is -1.04. The van der Waals surface area contributed by atoms with Gasteiger partial charge in [-0.15, -0.1) is 0 Å². The van der Waals surface area contributed by atoms with E-state index in [1.807, 2.05) is 0 Å². The number of ether oxygens (including phenoxy) is 1. The second-order valence-corrected chi connectivity index (χ2v) is 10.7. The van der Waals surface area contributed by atoms with E-state index in [0.717, 1.165) is 10.9 Å². The fourth-order valence-electron chi connectivity index (χ4n) is 0.870. The number of carbonyl (C=O) groups is 2. The molecule has 1 atom stereocenters. The Morgan fingerprint density at radius 3 is 2.25 bits per heavy atom. The van der Waals surface area contributed by atoms with Crippen molar-refractivity contribution in [3.8, 4) is 0 Å². The second-order valence-electron chi connectivity index (χ2n) is 5.05. The lowest BCUT2D eigenvalue weighted by atomic mass is 10.3. The lowest BCUT2D eigenvalue weighted by Crippen LogP contribution is -2.41. The van der Waals surface area contributed by atoms with Crippen LogP contribution < -0.4 is 0 Å². The van der Waals surface area contributed by atoms with Crippen LogP contribution in [0.2, 0.25) is 25.7 Å². The molecule has 1 amide bonds. The molecule has 6 heteroatoms. The van der Waals surface area contributed by atoms with E-state index in [2.05, 4.69) is 19.6 Å². The van der Waals surface area contributed by atoms with Crippen LogP contribution in [0, 0.1) is 0 Å². The molecule has 1 unspecified atom stereocenters. The Morgan fingerprint density at radius 1 is 1.38 bits per heavy atom. The van der Waals surface area contributed by atoms with E-state index in [0.29, 0.717) is 6.61 Å². The molecule has 0 fully saturated rings. The molecule has 0 aromatic rings. The molecular weight excluding hydrogens is 226 g/mol. The summed E-state index contributed by atoms with van der Waals surface area (Å²) in [6, 6.07) is 0.0213. The van der Waals surface area contributed by atoms with E-state index in [4.69, 9.17) is 9.84 Å². The van der Waals surface area contributed by atoms with Crippen LogP contribution >= 0.6 is 0 Å². The first kappa shape index (κ1) is 15.0. The van der Waals surface area contributed by atoms with Gasteiger partial charge in [0.15, 0.2) is 0 Å². The van der Waals surface area contributed by atoms with E-state index in [1.54, 1.807) is 0 Å². The van der Waals surface area contributed by atoms with Gasteiger partial charge in [0.2, 0.25) is 0 Å². The number of hydrogen-bond donors (Lipinski definition) is 1. The lowest BCUT2D eigenvalue weighted by Gasteiger charge is -2.22. The summed E-state index contributed by atoms with van der Waals surface area (Å²) >= 11 is 0. The number of carboxylic acids is 1. The van der Waals surface area contributed by atoms with Crippen LogP contribution in [0.25, 0.3) is 0 Å². The summed E-state index contributed by atoms with van der Waals surface area (Å²) in [4.78, 5) is 23.2. The topological polar surface area (TPSA) is 66.8 Å². The Labute approximate surface area is 97.4 Å². The van der Waals surface area contributed by atoms with Crippen molar-refractivity contribution in [3.63, 3.8) is 0 Å². The number of nitrogens with zero attached hydrogens (tertiary/aromatic N) is 1. The molecule has 0 heterocycles. The smallest absolute Gasteiger partial charge is 0.410 e. The van der Waals surface area contributed by atoms with Gasteiger partial charge in [0.05, 0.1) is 6.61 Å². The van der Waals surface area contributed by atoms with Crippen LogP contribution in [-0.2, 0) is 9.53 Å². The molecule has 94 valence electrons. The van der Waals surface area contributed by atoms with Crippen molar-refractivity contribution in [2.75, 3.05) is 13.7 Å². The zero-order valence-electron chi connectivity index (χ0n) is 10.6. The van der Waals surface area contributed by atoms with Crippen LogP contribution in [0.15, 0.2) is 0 Å². The van der Waals surface area contributed by atoms with Gasteiger partial charge in [-0.05, 0) is 13.0 Å². The highest BCUT2D eigenvalue weighted by Crippen LogP contribution is 2.08. The molecule has 5 nitrogen and oxygen atoms in total. The first-order chi connectivity index (χ1) is 7.15. The van der Waals surface area contributed by atoms with Gasteiger partial charge in [-0.3, -0.25) is 4.90 Å². The van der Waals surface area contributed by atoms with Crippen molar-refractivity contribution < 1.29 is 19.4 Å². The third kappa shape index (κ3) is 5.74. The van der Waals surface area contributed by atoms with E-state index in [9.17, 15) is 9.59 Å². The lowest BCUT2D eigenvalue weighted by molar-refractivity contribution is -0.141. The van der Waals surface area contributed by atoms with Crippen LogP contribution in [0.5, 0.6) is 0 Å². The maximum atomic E-state index is 11.4. The number of carboxylic acid groups (broad SMARTS) is 1. The average Bonchev–Trinajstić information content (AvgIpc) is 2.13. The molecule has 16 heavy (non-hydrogen) atoms. The van der Waals surface area contributed by atoms with E-state index < -0.39 is 26.2 Å². The number of aliphatic carboxylic acids is 1. The van der Waals surface area contributed by atoms with Crippen molar-refractivity contribution in [3.05, 3.63) is 0 Å². The number of likely N-dealkylation sites (N-methyl/N-ethyl adjacent to an activating group) is 1. The minimum Gasteiger partial charge on any atom is -0.480 e. The van der Waals surface area contributed by atoms with Crippen LogP contribution in [-0.4, -0.2) is 49.8 Å². The highest BCUT2D eigenvalue weighted by Gasteiger charge is 2.23. The monoisotopic (exact) mass is 247 g/mol. The van der Waals surface area contributed by atoms with E-state index in [1.165, 1.54) is 14.0 Å². The molecule has 0 aromatic carbocycles. The number of rotatable bonds is 5. The molecule has 0 aromatic heterocycles. The van der Waals surface area contributed by atoms with Gasteiger partial charge in [0.25, 0.3) is 0 Å². The van der Waals surface area contributed by atoms with Gasteiger partial charge < -0.3 is 9.84 Å². The minimum atomic E-state index is -1.22. The third-order valence-corrected chi connectivity index (χ3v) is 4.01. The van der Waals surface area contributed by atoms with Crippen molar-refractivity contribution in [1.82, 2.24) is 4.90 Å². The molecule has 0 aliphatic rings. The molecule has 0 bridgehead atoms. The van der Waals surface area contributed by atoms with Crippen LogP contribution in [0.4, 0.5) is 4.79 Å². The van der Waals surface area contributed by atoms with Crippen LogP contribution in [0.1, 0.15) is 6.92 Å². The van der Waals surface area contributed by atoms with Gasteiger partial charge in [0.1, 0.15) is 6.04 Å². The van der Waals surface area contributed by atoms with Gasteiger partial charge in [0, 0.05) is 15.1 Å². The standard InChI is InChI=1S/C10H21NO4Si/c1-8(9(12)13)11(2)10(14)15-6-7-16(3,4)5/h8H,6-7H2,1-5H3,(H,12,13). The highest BCUT2D eigenvalue weighted by atomic mass is 28.3. The maximum absolute atomic E-state index is 11.4. The summed E-state index contributed by atoms with van der Waals surface area (Å²) in [5.74, 6) is -1.04. The van der Waals surface area contributed by atoms with Crippen molar-refractivity contribution in [2.24, 2.45) is 0 Å². The number of carbonyl (C=O) groups excluding carboxylic acids is 1. The average molecular weight is 247 g/mol. The van der Waals surface area contributed by atoms with Gasteiger partial charge >= 0.3 is 12.1 Å². The Morgan fingerprint density at radius 2 is 1.88 bits per heavy atom. The van der Waals surface area contributed by atoms with Crippen molar-refractivity contribution in [2.45, 2.75) is 38.7 Å². The maximum Gasteiger partial charge on any atom is 0.410 e. The highest BCUT2D eigenvalue weighted by molar-refractivity contribution is 6.76. The van der Waals surface area contributed by atoms with E-state index in [-0.39, 0.29) is 0 Å². The molecule has 0 aliphatic heterocycles. The zero-order valence-corrected chi connectivity index (χ0v) is 11.6. The molecule has 0 spiro atoms. The van der Waals surface area contributed by atoms with Crippen LogP contribution in [0.3, 0.4) is 0 Å². The SMILES string of the molecule is CC(C(=O)O)N(C)C(=O)OCC[Si](C)(C)C. The Balaban J connectivity index is 4.03. The predicted molar refractivity (Wildman–Crippen MR) is 64.4 cm³/mol. The summed E-state index contributed by atoms with van der Waals surface area (Å²) in [5, 5.41) is 8.71. The summed E-state index contributed by atoms with van der Waals surface area (Å²) < 4.78 is 5.01. The second kappa shape index (κ2) is 5.88. The quantitative estimate of drug-likeness (QED) is 0.753. The Bertz CT molecular complexity index is 262. The summed E-state index contributed by atoms with van der Waals surface area (Å²) in [5.41, 5.74) is 0. The fraction of sp³-hybridized carbons (Fsp3) is 0.800. The fourth-order valence-corrected chi connectivity index (χ4v) is 1.58. The molecule has 0 aliphatic carbocycles. The molecular formula is C10H21NO4Si. The van der Waals surface area contributed by atoms with E-state index >= 15 is 0 Å². The molecule has 0 radical (unpaired) electrons. The molecule has 1 N–H and O–H groups in total. The summed E-state index contributed by atoms with van der Waals surface area (Å²) in [6.07, 6.45) is -0.576. The van der Waals surface area contributed by atoms with Gasteiger partial charge in [-0.1, -0.05) is 19.6 Å². The number of amides is 1. The zero-order chi connectivity index (χ0) is 12.9. The normalized spacial score (nSPS) is 13.1. The summed E-state index contributed by atoms with van der Waals surface area (Å²) in [7, 11) is 0.206. The predicted octanol–water partition coefficient (Wildman–Crippen LogP) is 1.87. The molecule has 0 rings (SSSR count). The largest absolute Gasteiger partial charge is 0.480 e. The first-order valence-corrected chi connectivity index (χ1v) is 8.98. The van der Waals surface area contributed by atoms with Crippen molar-refractivity contribution in [1.29, 1.82) is 0 Å².